The van der Waals surface area contributed by atoms with Crippen LogP contribution in [-0.2, 0) is 16.1 Å². The molecule has 1 rings (SSSR count). The molecule has 116 valence electrons. The molecule has 5 nitrogen and oxygen atoms in total. The van der Waals surface area contributed by atoms with Crippen LogP contribution in [0.2, 0.25) is 0 Å². The molecule has 21 heavy (non-hydrogen) atoms. The van der Waals surface area contributed by atoms with Gasteiger partial charge in [-0.2, -0.15) is 0 Å². The standard InChI is InChI=1S/C15H22N2O3S/c1-6-8-12-9-13(10-16-11(3)18)15(4,5)17(21(19)20)14(12)7-2/h6-9H,1,10H2,2-5H3,(H,16,18)(H,19,20)/b12-8-,14-7+. The number of nitrogens with zero attached hydrogens (tertiary/aromatic N) is 1. The number of carbonyl (C=O) groups excluding carboxylic acids is 1. The van der Waals surface area contributed by atoms with Crippen LogP contribution in [0.5, 0.6) is 0 Å². The van der Waals surface area contributed by atoms with Crippen molar-refractivity contribution >= 4 is 17.2 Å². The van der Waals surface area contributed by atoms with E-state index in [4.69, 9.17) is 0 Å². The highest BCUT2D eigenvalue weighted by molar-refractivity contribution is 7.77. The van der Waals surface area contributed by atoms with Crippen molar-refractivity contribution in [2.24, 2.45) is 0 Å². The highest BCUT2D eigenvalue weighted by Crippen LogP contribution is 2.38. The van der Waals surface area contributed by atoms with Crippen LogP contribution >= 0.6 is 0 Å². The second-order valence-corrected chi connectivity index (χ2v) is 6.02. The fourth-order valence-corrected chi connectivity index (χ4v) is 3.18. The monoisotopic (exact) mass is 310 g/mol. The van der Waals surface area contributed by atoms with Crippen molar-refractivity contribution in [2.75, 3.05) is 6.54 Å². The molecule has 0 saturated heterocycles. The molecular formula is C15H22N2O3S. The van der Waals surface area contributed by atoms with Gasteiger partial charge in [-0.1, -0.05) is 24.8 Å². The number of rotatable bonds is 4. The molecule has 1 amide bonds. The van der Waals surface area contributed by atoms with Gasteiger partial charge in [0, 0.05) is 13.5 Å². The smallest absolute Gasteiger partial charge is 0.262 e. The lowest BCUT2D eigenvalue weighted by molar-refractivity contribution is -0.118. The van der Waals surface area contributed by atoms with Crippen molar-refractivity contribution in [3.05, 3.63) is 47.7 Å². The van der Waals surface area contributed by atoms with E-state index in [9.17, 15) is 13.6 Å². The largest absolute Gasteiger partial charge is 0.352 e. The Labute approximate surface area is 128 Å². The number of carbonyl (C=O) groups is 1. The Bertz CT molecular complexity index is 559. The molecule has 0 radical (unpaired) electrons. The minimum absolute atomic E-state index is 0.144. The first kappa shape index (κ1) is 17.4. The SMILES string of the molecule is C=C/C=C1/C=C(CNC(C)=O)C(C)(C)N(S(=O)O)/C1=C/C. The Morgan fingerprint density at radius 3 is 2.62 bits per heavy atom. The lowest BCUT2D eigenvalue weighted by Crippen LogP contribution is -2.50. The average molecular weight is 310 g/mol. The third-order valence-corrected chi connectivity index (χ3v) is 4.36. The molecule has 1 unspecified atom stereocenters. The molecule has 1 aliphatic rings. The summed E-state index contributed by atoms with van der Waals surface area (Å²) in [5.41, 5.74) is 1.60. The Kier molecular flexibility index (Phi) is 5.69. The minimum Gasteiger partial charge on any atom is -0.352 e. The first-order valence-corrected chi connectivity index (χ1v) is 7.68. The molecule has 0 saturated carbocycles. The van der Waals surface area contributed by atoms with E-state index in [0.717, 1.165) is 11.1 Å². The van der Waals surface area contributed by atoms with Crippen molar-refractivity contribution in [1.29, 1.82) is 0 Å². The van der Waals surface area contributed by atoms with Crippen molar-refractivity contribution < 1.29 is 13.6 Å². The van der Waals surface area contributed by atoms with Gasteiger partial charge in [0.1, 0.15) is 0 Å². The normalized spacial score (nSPS) is 22.9. The van der Waals surface area contributed by atoms with Crippen LogP contribution in [0.1, 0.15) is 27.7 Å². The third-order valence-electron chi connectivity index (χ3n) is 3.39. The molecule has 1 heterocycles. The molecule has 0 aliphatic carbocycles. The summed E-state index contributed by atoms with van der Waals surface area (Å²) in [6, 6.07) is 0. The Hall–Kier alpha value is -1.66. The Morgan fingerprint density at radius 2 is 2.19 bits per heavy atom. The van der Waals surface area contributed by atoms with Crippen LogP contribution < -0.4 is 5.32 Å². The van der Waals surface area contributed by atoms with Gasteiger partial charge in [-0.15, -0.1) is 0 Å². The van der Waals surface area contributed by atoms with Crippen LogP contribution in [0, 0.1) is 0 Å². The van der Waals surface area contributed by atoms with E-state index in [2.05, 4.69) is 11.9 Å². The van der Waals surface area contributed by atoms with E-state index in [1.807, 2.05) is 26.8 Å². The fourth-order valence-electron chi connectivity index (χ4n) is 2.30. The minimum atomic E-state index is -2.17. The molecule has 2 N–H and O–H groups in total. The molecule has 6 heteroatoms. The molecule has 1 atom stereocenters. The molecule has 0 aromatic carbocycles. The first-order valence-electron chi connectivity index (χ1n) is 6.61. The van der Waals surface area contributed by atoms with Gasteiger partial charge >= 0.3 is 0 Å². The zero-order chi connectivity index (χ0) is 16.2. The topological polar surface area (TPSA) is 69.6 Å². The van der Waals surface area contributed by atoms with Crippen LogP contribution in [0.25, 0.3) is 0 Å². The van der Waals surface area contributed by atoms with E-state index in [1.165, 1.54) is 11.2 Å². The second-order valence-electron chi connectivity index (χ2n) is 5.20. The predicted octanol–water partition coefficient (Wildman–Crippen LogP) is 2.30. The molecule has 0 spiro atoms. The van der Waals surface area contributed by atoms with E-state index >= 15 is 0 Å². The summed E-state index contributed by atoms with van der Waals surface area (Å²) in [6.45, 7) is 10.9. The zero-order valence-electron chi connectivity index (χ0n) is 12.8. The second kappa shape index (κ2) is 6.87. The zero-order valence-corrected chi connectivity index (χ0v) is 13.7. The van der Waals surface area contributed by atoms with Gasteiger partial charge in [0.25, 0.3) is 11.3 Å². The van der Waals surface area contributed by atoms with Gasteiger partial charge in [0.2, 0.25) is 5.91 Å². The van der Waals surface area contributed by atoms with Crippen molar-refractivity contribution in [3.63, 3.8) is 0 Å². The van der Waals surface area contributed by atoms with E-state index in [-0.39, 0.29) is 5.91 Å². The fraction of sp³-hybridized carbons (Fsp3) is 0.400. The molecule has 0 aromatic rings. The van der Waals surface area contributed by atoms with Gasteiger partial charge in [-0.3, -0.25) is 13.7 Å². The summed E-state index contributed by atoms with van der Waals surface area (Å²) < 4.78 is 22.9. The van der Waals surface area contributed by atoms with Crippen LogP contribution in [0.4, 0.5) is 0 Å². The summed E-state index contributed by atoms with van der Waals surface area (Å²) in [7, 11) is 0. The molecule has 1 aliphatic heterocycles. The molecule has 0 bridgehead atoms. The van der Waals surface area contributed by atoms with Crippen LogP contribution in [0.15, 0.2) is 47.7 Å². The van der Waals surface area contributed by atoms with Crippen molar-refractivity contribution in [3.8, 4) is 0 Å². The highest BCUT2D eigenvalue weighted by atomic mass is 32.2. The Balaban J connectivity index is 3.41. The third kappa shape index (κ3) is 3.71. The summed E-state index contributed by atoms with van der Waals surface area (Å²) in [5, 5.41) is 2.74. The number of hydrogen-bond donors (Lipinski definition) is 2. The maximum atomic E-state index is 11.8. The summed E-state index contributed by atoms with van der Waals surface area (Å²) >= 11 is -2.17. The summed E-state index contributed by atoms with van der Waals surface area (Å²) in [4.78, 5) is 11.1. The van der Waals surface area contributed by atoms with Crippen molar-refractivity contribution in [1.82, 2.24) is 9.62 Å². The first-order chi connectivity index (χ1) is 9.75. The Morgan fingerprint density at radius 1 is 1.57 bits per heavy atom. The van der Waals surface area contributed by atoms with Gasteiger partial charge in [-0.05, 0) is 38.0 Å². The molecular weight excluding hydrogens is 288 g/mol. The predicted molar refractivity (Wildman–Crippen MR) is 85.5 cm³/mol. The maximum absolute atomic E-state index is 11.8. The summed E-state index contributed by atoms with van der Waals surface area (Å²) in [5.74, 6) is -0.144. The van der Waals surface area contributed by atoms with Crippen LogP contribution in [-0.4, -0.2) is 31.1 Å². The quantitative estimate of drug-likeness (QED) is 0.783. The number of allylic oxidation sites excluding steroid dienone is 4. The lowest BCUT2D eigenvalue weighted by Gasteiger charge is -2.44. The molecule has 0 aromatic heterocycles. The van der Waals surface area contributed by atoms with E-state index in [0.29, 0.717) is 12.2 Å². The number of hydrogen-bond acceptors (Lipinski definition) is 2. The van der Waals surface area contributed by atoms with Crippen LogP contribution in [0.3, 0.4) is 0 Å². The van der Waals surface area contributed by atoms with Crippen molar-refractivity contribution in [2.45, 2.75) is 33.2 Å². The van der Waals surface area contributed by atoms with Gasteiger partial charge in [0.15, 0.2) is 0 Å². The maximum Gasteiger partial charge on any atom is 0.262 e. The van der Waals surface area contributed by atoms with Gasteiger partial charge in [-0.25, -0.2) is 4.21 Å². The van der Waals surface area contributed by atoms with E-state index < -0.39 is 16.8 Å². The van der Waals surface area contributed by atoms with Gasteiger partial charge in [0.05, 0.1) is 11.2 Å². The summed E-state index contributed by atoms with van der Waals surface area (Å²) in [6.07, 6.45) is 7.12. The average Bonchev–Trinajstić information content (AvgIpc) is 2.37. The lowest BCUT2D eigenvalue weighted by atomic mass is 9.86. The highest BCUT2D eigenvalue weighted by Gasteiger charge is 2.39. The van der Waals surface area contributed by atoms with Gasteiger partial charge < -0.3 is 5.32 Å². The number of amides is 1. The van der Waals surface area contributed by atoms with E-state index in [1.54, 1.807) is 18.2 Å². The molecule has 0 fully saturated rings. The number of nitrogens with one attached hydrogen (secondary N) is 1.